The molecule has 0 aromatic carbocycles. The van der Waals surface area contributed by atoms with Gasteiger partial charge in [0.2, 0.25) is 11.8 Å². The van der Waals surface area contributed by atoms with E-state index in [0.29, 0.717) is 36.0 Å². The number of nitrogens with two attached hydrogens (primary N) is 1. The summed E-state index contributed by atoms with van der Waals surface area (Å²) in [6.07, 6.45) is 6.02. The minimum absolute atomic E-state index is 0.0240. The molecular formula is C20H23FN6O. The molecule has 3 heterocycles. The van der Waals surface area contributed by atoms with Gasteiger partial charge in [-0.1, -0.05) is 19.1 Å². The normalized spacial score (nSPS) is 11.8. The van der Waals surface area contributed by atoms with Gasteiger partial charge in [0.15, 0.2) is 0 Å². The van der Waals surface area contributed by atoms with Crippen LogP contribution in [-0.4, -0.2) is 27.0 Å². The molecule has 3 aromatic rings. The van der Waals surface area contributed by atoms with E-state index in [1.54, 1.807) is 31.6 Å². The zero-order valence-electron chi connectivity index (χ0n) is 15.9. The highest BCUT2D eigenvalue weighted by molar-refractivity contribution is 5.42. The fourth-order valence-corrected chi connectivity index (χ4v) is 3.05. The Morgan fingerprint density at radius 1 is 1.21 bits per heavy atom. The number of hydrogen-bond donors (Lipinski definition) is 2. The molecule has 0 fully saturated rings. The van der Waals surface area contributed by atoms with Crippen LogP contribution in [0.3, 0.4) is 0 Å². The third-order valence-electron chi connectivity index (χ3n) is 4.60. The van der Waals surface area contributed by atoms with Gasteiger partial charge >= 0.3 is 0 Å². The molecule has 0 aliphatic heterocycles. The van der Waals surface area contributed by atoms with Crippen LogP contribution in [0.25, 0.3) is 0 Å². The minimum atomic E-state index is -0.503. The molecule has 7 nitrogen and oxygen atoms in total. The summed E-state index contributed by atoms with van der Waals surface area (Å²) in [6, 6.07) is 7.22. The summed E-state index contributed by atoms with van der Waals surface area (Å²) in [6.45, 7) is 2.46. The molecule has 3 N–H and O–H groups in total. The summed E-state index contributed by atoms with van der Waals surface area (Å²) in [4.78, 5) is 16.2. The van der Waals surface area contributed by atoms with E-state index >= 15 is 0 Å². The largest absolute Gasteiger partial charge is 0.481 e. The summed E-state index contributed by atoms with van der Waals surface area (Å²) in [5.41, 5.74) is 8.16. The van der Waals surface area contributed by atoms with E-state index in [1.807, 2.05) is 19.1 Å². The van der Waals surface area contributed by atoms with Crippen LogP contribution in [0.2, 0.25) is 0 Å². The van der Waals surface area contributed by atoms with Crippen LogP contribution < -0.4 is 15.8 Å². The number of nitrogen functional groups attached to an aromatic ring is 1. The Morgan fingerprint density at radius 2 is 2.07 bits per heavy atom. The number of pyridine rings is 2. The Bertz CT molecular complexity index is 936. The molecule has 0 saturated carbocycles. The van der Waals surface area contributed by atoms with Crippen molar-refractivity contribution in [2.75, 3.05) is 18.2 Å². The first kappa shape index (κ1) is 19.5. The van der Waals surface area contributed by atoms with Gasteiger partial charge in [-0.25, -0.2) is 19.9 Å². The molecule has 146 valence electrons. The predicted molar refractivity (Wildman–Crippen MR) is 105 cm³/mol. The average molecular weight is 382 g/mol. The first-order chi connectivity index (χ1) is 13.6. The summed E-state index contributed by atoms with van der Waals surface area (Å²) >= 11 is 0. The van der Waals surface area contributed by atoms with Crippen molar-refractivity contribution in [1.82, 2.24) is 19.9 Å². The molecule has 0 saturated heterocycles. The van der Waals surface area contributed by atoms with E-state index in [0.717, 1.165) is 17.5 Å². The lowest BCUT2D eigenvalue weighted by atomic mass is 9.91. The van der Waals surface area contributed by atoms with Gasteiger partial charge in [0.25, 0.3) is 0 Å². The van der Waals surface area contributed by atoms with Gasteiger partial charge in [0.05, 0.1) is 7.11 Å². The number of ether oxygens (including phenoxy) is 1. The minimum Gasteiger partial charge on any atom is -0.481 e. The fourth-order valence-electron chi connectivity index (χ4n) is 3.05. The van der Waals surface area contributed by atoms with Crippen LogP contribution in [0.4, 0.5) is 16.0 Å². The summed E-state index contributed by atoms with van der Waals surface area (Å²) in [5, 5.41) is 3.10. The van der Waals surface area contributed by atoms with Crippen LogP contribution in [0.1, 0.15) is 36.0 Å². The SMILES string of the molecule is CCC(Cc1ccc(NCc2cccnc2OC)nc1F)c1cncnc1N. The maximum Gasteiger partial charge on any atom is 0.218 e. The monoisotopic (exact) mass is 382 g/mol. The van der Waals surface area contributed by atoms with Gasteiger partial charge in [0.1, 0.15) is 18.0 Å². The topological polar surface area (TPSA) is 98.8 Å². The average Bonchev–Trinajstić information content (AvgIpc) is 2.72. The molecule has 0 bridgehead atoms. The molecule has 0 radical (unpaired) electrons. The lowest BCUT2D eigenvalue weighted by molar-refractivity contribution is 0.393. The van der Waals surface area contributed by atoms with Crippen LogP contribution in [0.15, 0.2) is 43.0 Å². The smallest absolute Gasteiger partial charge is 0.218 e. The lowest BCUT2D eigenvalue weighted by Crippen LogP contribution is -2.10. The van der Waals surface area contributed by atoms with Crippen molar-refractivity contribution in [2.24, 2.45) is 0 Å². The van der Waals surface area contributed by atoms with Gasteiger partial charge < -0.3 is 15.8 Å². The van der Waals surface area contributed by atoms with E-state index in [-0.39, 0.29) is 5.92 Å². The van der Waals surface area contributed by atoms with E-state index in [4.69, 9.17) is 10.5 Å². The van der Waals surface area contributed by atoms with Gasteiger partial charge in [-0.05, 0) is 30.9 Å². The quantitative estimate of drug-likeness (QED) is 0.576. The van der Waals surface area contributed by atoms with E-state index in [1.165, 1.54) is 6.33 Å². The molecule has 8 heteroatoms. The number of nitrogens with zero attached hydrogens (tertiary/aromatic N) is 4. The third kappa shape index (κ3) is 4.51. The number of rotatable bonds is 8. The van der Waals surface area contributed by atoms with Gasteiger partial charge in [0, 0.05) is 35.6 Å². The van der Waals surface area contributed by atoms with Crippen molar-refractivity contribution in [3.05, 3.63) is 65.6 Å². The van der Waals surface area contributed by atoms with Crippen LogP contribution in [-0.2, 0) is 13.0 Å². The highest BCUT2D eigenvalue weighted by atomic mass is 19.1. The van der Waals surface area contributed by atoms with Crippen molar-refractivity contribution < 1.29 is 9.13 Å². The number of methoxy groups -OCH3 is 1. The molecule has 0 aliphatic carbocycles. The highest BCUT2D eigenvalue weighted by Crippen LogP contribution is 2.28. The first-order valence-corrected chi connectivity index (χ1v) is 9.04. The molecule has 0 aliphatic rings. The molecular weight excluding hydrogens is 359 g/mol. The van der Waals surface area contributed by atoms with Crippen molar-refractivity contribution in [3.63, 3.8) is 0 Å². The van der Waals surface area contributed by atoms with Gasteiger partial charge in [-0.15, -0.1) is 0 Å². The number of anilines is 2. The summed E-state index contributed by atoms with van der Waals surface area (Å²) in [7, 11) is 1.56. The number of aromatic nitrogens is 4. The Labute approximate surface area is 163 Å². The van der Waals surface area contributed by atoms with Crippen molar-refractivity contribution in [3.8, 4) is 5.88 Å². The van der Waals surface area contributed by atoms with Crippen molar-refractivity contribution in [2.45, 2.75) is 32.2 Å². The number of halogens is 1. The second-order valence-corrected chi connectivity index (χ2v) is 6.34. The summed E-state index contributed by atoms with van der Waals surface area (Å²) < 4.78 is 19.8. The van der Waals surface area contributed by atoms with Crippen molar-refractivity contribution >= 4 is 11.6 Å². The van der Waals surface area contributed by atoms with Crippen LogP contribution in [0.5, 0.6) is 5.88 Å². The molecule has 28 heavy (non-hydrogen) atoms. The molecule has 3 aromatic heterocycles. The Morgan fingerprint density at radius 3 is 2.79 bits per heavy atom. The maximum atomic E-state index is 14.6. The third-order valence-corrected chi connectivity index (χ3v) is 4.60. The van der Waals surface area contributed by atoms with Gasteiger partial charge in [-0.2, -0.15) is 4.39 Å². The highest BCUT2D eigenvalue weighted by Gasteiger charge is 2.17. The van der Waals surface area contributed by atoms with Crippen LogP contribution in [0, 0.1) is 5.95 Å². The summed E-state index contributed by atoms with van der Waals surface area (Å²) in [5.74, 6) is 0.926. The fraction of sp³-hybridized carbons (Fsp3) is 0.300. The Kier molecular flexibility index (Phi) is 6.31. The predicted octanol–water partition coefficient (Wildman–Crippen LogP) is 3.34. The van der Waals surface area contributed by atoms with E-state index < -0.39 is 5.95 Å². The van der Waals surface area contributed by atoms with Crippen LogP contribution >= 0.6 is 0 Å². The van der Waals surface area contributed by atoms with Gasteiger partial charge in [-0.3, -0.25) is 0 Å². The second kappa shape index (κ2) is 9.07. The van der Waals surface area contributed by atoms with E-state index in [2.05, 4.69) is 25.3 Å². The first-order valence-electron chi connectivity index (χ1n) is 9.04. The molecule has 1 unspecified atom stereocenters. The Hall–Kier alpha value is -3.29. The van der Waals surface area contributed by atoms with Crippen molar-refractivity contribution in [1.29, 1.82) is 0 Å². The number of hydrogen-bond acceptors (Lipinski definition) is 7. The zero-order chi connectivity index (χ0) is 19.9. The molecule has 0 spiro atoms. The second-order valence-electron chi connectivity index (χ2n) is 6.34. The molecule has 3 rings (SSSR count). The van der Waals surface area contributed by atoms with E-state index in [9.17, 15) is 4.39 Å². The molecule has 1 atom stereocenters. The lowest BCUT2D eigenvalue weighted by Gasteiger charge is -2.17. The number of nitrogens with one attached hydrogen (secondary N) is 1. The molecule has 0 amide bonds. The zero-order valence-corrected chi connectivity index (χ0v) is 15.9. The Balaban J connectivity index is 1.70. The standard InChI is InChI=1S/C20H23FN6O/c1-3-13(16-11-23-12-26-19(16)22)9-14-6-7-17(27-18(14)21)25-10-15-5-4-8-24-20(15)28-2/h4-8,11-13H,3,9-10H2,1-2H3,(H,25,27)(H2,22,23,26). The maximum absolute atomic E-state index is 14.6.